The van der Waals surface area contributed by atoms with Crippen LogP contribution in [0.25, 0.3) is 22.4 Å². The van der Waals surface area contributed by atoms with E-state index in [4.69, 9.17) is 23.2 Å². The zero-order valence-electron chi connectivity index (χ0n) is 9.05. The Morgan fingerprint density at radius 1 is 1.00 bits per heavy atom. The van der Waals surface area contributed by atoms with E-state index in [2.05, 4.69) is 9.97 Å². The molecule has 0 aliphatic carbocycles. The number of aromatic amines is 1. The van der Waals surface area contributed by atoms with Gasteiger partial charge >= 0.3 is 0 Å². The Kier molecular flexibility index (Phi) is 2.73. The maximum atomic E-state index is 13.7. The van der Waals surface area contributed by atoms with Gasteiger partial charge in [0.25, 0.3) is 0 Å². The molecule has 1 N–H and O–H groups in total. The summed E-state index contributed by atoms with van der Waals surface area (Å²) < 4.78 is 13.7. The van der Waals surface area contributed by atoms with E-state index in [1.54, 1.807) is 18.2 Å². The molecule has 3 aromatic rings. The van der Waals surface area contributed by atoms with Crippen molar-refractivity contribution in [1.29, 1.82) is 0 Å². The smallest absolute Gasteiger partial charge is 0.141 e. The number of aromatic nitrogens is 2. The van der Waals surface area contributed by atoms with Crippen molar-refractivity contribution in [3.8, 4) is 11.4 Å². The lowest BCUT2D eigenvalue weighted by Gasteiger charge is -1.99. The fraction of sp³-hybridized carbons (Fsp3) is 0. The SMILES string of the molecule is Fc1ccc(Cl)cc1-c1nc2ccc(Cl)cc2[nH]1. The topological polar surface area (TPSA) is 28.7 Å². The van der Waals surface area contributed by atoms with Gasteiger partial charge in [0.05, 0.1) is 16.6 Å². The van der Waals surface area contributed by atoms with Crippen LogP contribution >= 0.6 is 23.2 Å². The minimum absolute atomic E-state index is 0.342. The van der Waals surface area contributed by atoms with Crippen LogP contribution < -0.4 is 0 Å². The maximum Gasteiger partial charge on any atom is 0.141 e. The molecule has 0 radical (unpaired) electrons. The average molecular weight is 281 g/mol. The first-order valence-electron chi connectivity index (χ1n) is 5.24. The summed E-state index contributed by atoms with van der Waals surface area (Å²) in [5, 5.41) is 1.06. The van der Waals surface area contributed by atoms with Crippen molar-refractivity contribution in [3.63, 3.8) is 0 Å². The predicted octanol–water partition coefficient (Wildman–Crippen LogP) is 4.68. The minimum atomic E-state index is -0.371. The van der Waals surface area contributed by atoms with E-state index >= 15 is 0 Å². The number of hydrogen-bond acceptors (Lipinski definition) is 1. The van der Waals surface area contributed by atoms with Crippen LogP contribution in [-0.2, 0) is 0 Å². The molecule has 5 heteroatoms. The quantitative estimate of drug-likeness (QED) is 0.689. The second-order valence-corrected chi connectivity index (χ2v) is 4.74. The highest BCUT2D eigenvalue weighted by molar-refractivity contribution is 6.31. The Labute approximate surface area is 112 Å². The normalized spacial score (nSPS) is 11.1. The number of fused-ring (bicyclic) bond motifs is 1. The molecule has 3 rings (SSSR count). The van der Waals surface area contributed by atoms with Crippen molar-refractivity contribution in [2.45, 2.75) is 0 Å². The monoisotopic (exact) mass is 280 g/mol. The molecule has 0 aliphatic rings. The minimum Gasteiger partial charge on any atom is -0.338 e. The van der Waals surface area contributed by atoms with Crippen LogP contribution in [0.4, 0.5) is 4.39 Å². The van der Waals surface area contributed by atoms with Crippen LogP contribution in [0, 0.1) is 5.82 Å². The Hall–Kier alpha value is -1.58. The van der Waals surface area contributed by atoms with Gasteiger partial charge in [-0.3, -0.25) is 0 Å². The van der Waals surface area contributed by atoms with Crippen LogP contribution in [0.2, 0.25) is 10.0 Å². The van der Waals surface area contributed by atoms with E-state index in [1.165, 1.54) is 18.2 Å². The summed E-state index contributed by atoms with van der Waals surface area (Å²) >= 11 is 11.7. The van der Waals surface area contributed by atoms with Gasteiger partial charge in [-0.25, -0.2) is 9.37 Å². The first-order chi connectivity index (χ1) is 8.63. The molecule has 90 valence electrons. The molecule has 0 saturated carbocycles. The number of rotatable bonds is 1. The lowest BCUT2D eigenvalue weighted by Crippen LogP contribution is -1.86. The van der Waals surface area contributed by atoms with Crippen LogP contribution in [0.1, 0.15) is 0 Å². The Morgan fingerprint density at radius 3 is 2.56 bits per heavy atom. The second kappa shape index (κ2) is 4.26. The number of imidazole rings is 1. The number of hydrogen-bond donors (Lipinski definition) is 1. The van der Waals surface area contributed by atoms with Gasteiger partial charge in [-0.15, -0.1) is 0 Å². The molecule has 0 fully saturated rings. The number of nitrogens with one attached hydrogen (secondary N) is 1. The van der Waals surface area contributed by atoms with Gasteiger partial charge in [-0.1, -0.05) is 23.2 Å². The van der Waals surface area contributed by atoms with Gasteiger partial charge in [0.2, 0.25) is 0 Å². The molecule has 0 aliphatic heterocycles. The van der Waals surface area contributed by atoms with Crippen LogP contribution in [-0.4, -0.2) is 9.97 Å². The van der Waals surface area contributed by atoms with Crippen molar-refractivity contribution >= 4 is 34.2 Å². The van der Waals surface area contributed by atoms with Crippen LogP contribution in [0.5, 0.6) is 0 Å². The van der Waals surface area contributed by atoms with Crippen molar-refractivity contribution in [2.24, 2.45) is 0 Å². The van der Waals surface area contributed by atoms with Crippen molar-refractivity contribution in [1.82, 2.24) is 9.97 Å². The largest absolute Gasteiger partial charge is 0.338 e. The Balaban J connectivity index is 2.22. The van der Waals surface area contributed by atoms with Crippen molar-refractivity contribution in [2.75, 3.05) is 0 Å². The summed E-state index contributed by atoms with van der Waals surface area (Å²) in [7, 11) is 0. The molecule has 0 amide bonds. The average Bonchev–Trinajstić information content (AvgIpc) is 2.74. The van der Waals surface area contributed by atoms with E-state index in [0.717, 1.165) is 11.0 Å². The molecule has 0 unspecified atom stereocenters. The Bertz CT molecular complexity index is 737. The summed E-state index contributed by atoms with van der Waals surface area (Å²) in [6.07, 6.45) is 0. The third-order valence-electron chi connectivity index (χ3n) is 2.63. The van der Waals surface area contributed by atoms with Gasteiger partial charge < -0.3 is 4.98 Å². The van der Waals surface area contributed by atoms with Crippen LogP contribution in [0.15, 0.2) is 36.4 Å². The standard InChI is InChI=1S/C13H7Cl2FN2/c14-7-1-3-10(16)9(5-7)13-17-11-4-2-8(15)6-12(11)18-13/h1-6H,(H,17,18). The summed E-state index contributed by atoms with van der Waals surface area (Å²) in [4.78, 5) is 7.34. The van der Waals surface area contributed by atoms with Crippen molar-refractivity contribution in [3.05, 3.63) is 52.3 Å². The van der Waals surface area contributed by atoms with Gasteiger partial charge in [0.1, 0.15) is 11.6 Å². The van der Waals surface area contributed by atoms with Crippen LogP contribution in [0.3, 0.4) is 0 Å². The molecule has 0 saturated heterocycles. The van der Waals surface area contributed by atoms with Gasteiger partial charge in [0, 0.05) is 10.0 Å². The van der Waals surface area contributed by atoms with Gasteiger partial charge in [0.15, 0.2) is 0 Å². The highest BCUT2D eigenvalue weighted by atomic mass is 35.5. The zero-order chi connectivity index (χ0) is 12.7. The molecule has 0 bridgehead atoms. The van der Waals surface area contributed by atoms with Gasteiger partial charge in [-0.05, 0) is 36.4 Å². The van der Waals surface area contributed by atoms with Crippen molar-refractivity contribution < 1.29 is 4.39 Å². The number of benzene rings is 2. The molecule has 18 heavy (non-hydrogen) atoms. The Morgan fingerprint density at radius 2 is 1.72 bits per heavy atom. The van der Waals surface area contributed by atoms with E-state index < -0.39 is 0 Å². The third-order valence-corrected chi connectivity index (χ3v) is 3.10. The third kappa shape index (κ3) is 1.96. The lowest BCUT2D eigenvalue weighted by molar-refractivity contribution is 0.630. The molecule has 0 atom stereocenters. The second-order valence-electron chi connectivity index (χ2n) is 3.87. The number of halogens is 3. The zero-order valence-corrected chi connectivity index (χ0v) is 10.6. The van der Waals surface area contributed by atoms with Gasteiger partial charge in [-0.2, -0.15) is 0 Å². The molecule has 1 aromatic heterocycles. The predicted molar refractivity (Wildman–Crippen MR) is 71.5 cm³/mol. The van der Waals surface area contributed by atoms with E-state index in [9.17, 15) is 4.39 Å². The first kappa shape index (κ1) is 11.5. The molecule has 1 heterocycles. The van der Waals surface area contributed by atoms with E-state index in [0.29, 0.717) is 21.4 Å². The fourth-order valence-electron chi connectivity index (χ4n) is 1.79. The lowest BCUT2D eigenvalue weighted by atomic mass is 10.2. The summed E-state index contributed by atoms with van der Waals surface area (Å²) in [5.41, 5.74) is 1.83. The number of H-pyrrole nitrogens is 1. The van der Waals surface area contributed by atoms with E-state index in [1.807, 2.05) is 0 Å². The highest BCUT2D eigenvalue weighted by Gasteiger charge is 2.10. The van der Waals surface area contributed by atoms with E-state index in [-0.39, 0.29) is 5.82 Å². The maximum absolute atomic E-state index is 13.7. The molecule has 2 aromatic carbocycles. The first-order valence-corrected chi connectivity index (χ1v) is 6.00. The highest BCUT2D eigenvalue weighted by Crippen LogP contribution is 2.26. The molecular formula is C13H7Cl2FN2. The molecular weight excluding hydrogens is 274 g/mol. The summed E-state index contributed by atoms with van der Waals surface area (Å²) in [6, 6.07) is 9.62. The summed E-state index contributed by atoms with van der Waals surface area (Å²) in [5.74, 6) is 0.0665. The molecule has 2 nitrogen and oxygen atoms in total. The number of nitrogens with zero attached hydrogens (tertiary/aromatic N) is 1. The fourth-order valence-corrected chi connectivity index (χ4v) is 2.13. The molecule has 0 spiro atoms. The summed E-state index contributed by atoms with van der Waals surface area (Å²) in [6.45, 7) is 0.